The highest BCUT2D eigenvalue weighted by molar-refractivity contribution is 6.18. The molecule has 0 radical (unpaired) electrons. The maximum atomic E-state index is 15.0. The fourth-order valence-corrected chi connectivity index (χ4v) is 7.37. The Balaban J connectivity index is 1.36. The van der Waals surface area contributed by atoms with Crippen LogP contribution >= 0.6 is 0 Å². The van der Waals surface area contributed by atoms with Crippen molar-refractivity contribution in [3.8, 4) is 17.2 Å². The summed E-state index contributed by atoms with van der Waals surface area (Å²) in [5.74, 6) is -1.43. The summed E-state index contributed by atoms with van der Waals surface area (Å²) in [6.07, 6.45) is 3.89. The first-order chi connectivity index (χ1) is 21.9. The highest BCUT2D eigenvalue weighted by atomic mass is 16.7. The molecule has 4 aliphatic rings. The fraction of sp³-hybridized carbons (Fsp3) is 0.167. The zero-order valence-electron chi connectivity index (χ0n) is 24.1. The molecule has 0 unspecified atom stereocenters. The number of carbonyl (C=O) groups excluding carboxylic acids is 4. The van der Waals surface area contributed by atoms with Gasteiger partial charge in [0.25, 0.3) is 0 Å². The maximum Gasteiger partial charge on any atom is 0.308 e. The third-order valence-electron chi connectivity index (χ3n) is 9.15. The van der Waals surface area contributed by atoms with Crippen LogP contribution in [0.4, 0.5) is 11.4 Å². The van der Waals surface area contributed by atoms with E-state index in [0.29, 0.717) is 39.6 Å². The molecule has 0 aromatic heterocycles. The van der Waals surface area contributed by atoms with Crippen LogP contribution in [0.1, 0.15) is 38.8 Å². The van der Waals surface area contributed by atoms with E-state index in [4.69, 9.17) is 14.2 Å². The van der Waals surface area contributed by atoms with E-state index in [9.17, 15) is 14.4 Å². The van der Waals surface area contributed by atoms with Crippen molar-refractivity contribution < 1.29 is 33.4 Å². The molecule has 222 valence electrons. The number of Topliss-reactive ketones (excluding diaryl/α,β-unsaturated/α-hetero) is 2. The number of hydrogen-bond donors (Lipinski definition) is 1. The first-order valence-corrected chi connectivity index (χ1v) is 14.6. The van der Waals surface area contributed by atoms with Crippen LogP contribution in [0.3, 0.4) is 0 Å². The smallest absolute Gasteiger partial charge is 0.308 e. The molecule has 4 aliphatic heterocycles. The van der Waals surface area contributed by atoms with Crippen LogP contribution in [-0.4, -0.2) is 42.3 Å². The minimum atomic E-state index is -1.44. The molecule has 1 N–H and O–H groups in total. The van der Waals surface area contributed by atoms with Gasteiger partial charge in [0, 0.05) is 29.4 Å². The molecule has 0 bridgehead atoms. The van der Waals surface area contributed by atoms with Gasteiger partial charge < -0.3 is 24.4 Å². The minimum Gasteiger partial charge on any atom is -0.454 e. The van der Waals surface area contributed by atoms with Crippen molar-refractivity contribution in [3.05, 3.63) is 119 Å². The molecule has 45 heavy (non-hydrogen) atoms. The number of para-hydroxylation sites is 2. The summed E-state index contributed by atoms with van der Waals surface area (Å²) in [4.78, 5) is 57.8. The molecule has 9 heteroatoms. The number of amides is 1. The number of carbonyl (C=O) groups is 4. The number of ether oxygens (including phenoxy) is 3. The Bertz CT molecular complexity index is 1970. The molecule has 0 aliphatic carbocycles. The quantitative estimate of drug-likeness (QED) is 0.190. The predicted octanol–water partition coefficient (Wildman–Crippen LogP) is 5.20. The predicted molar refractivity (Wildman–Crippen MR) is 165 cm³/mol. The van der Waals surface area contributed by atoms with E-state index < -0.39 is 29.4 Å². The Morgan fingerprint density at radius 2 is 1.60 bits per heavy atom. The largest absolute Gasteiger partial charge is 0.454 e. The fourth-order valence-electron chi connectivity index (χ4n) is 7.37. The first-order valence-electron chi connectivity index (χ1n) is 14.6. The Morgan fingerprint density at radius 1 is 0.867 bits per heavy atom. The number of nitrogens with zero attached hydrogens (tertiary/aromatic N) is 1. The van der Waals surface area contributed by atoms with Gasteiger partial charge in [0.2, 0.25) is 12.7 Å². The standard InChI is InChI=1S/C36H26N2O7/c1-20(39)45-24-14-10-22(11-15-24)34(41)32-31(33(40)23-12-16-28-29(18-23)44-19-43-28)36(25-7-3-4-8-26(25)37-35(36)42)30-17-13-21-6-2-5-9-27(21)38(30)32/h2-18,30-32H,19H2,1H3,(H,37,42)/t30-,31-,32+,36-/m0/s1. The topological polar surface area (TPSA) is 111 Å². The van der Waals surface area contributed by atoms with Gasteiger partial charge in [-0.3, -0.25) is 19.2 Å². The first kappa shape index (κ1) is 26.9. The molecule has 1 spiro atoms. The average Bonchev–Trinajstić information content (AvgIpc) is 3.73. The van der Waals surface area contributed by atoms with Crippen molar-refractivity contribution >= 4 is 40.9 Å². The summed E-state index contributed by atoms with van der Waals surface area (Å²) in [5.41, 5.74) is 2.07. The minimum absolute atomic E-state index is 0.0397. The molecule has 4 aromatic carbocycles. The van der Waals surface area contributed by atoms with Gasteiger partial charge in [0.1, 0.15) is 17.2 Å². The van der Waals surface area contributed by atoms with Crippen molar-refractivity contribution in [1.29, 1.82) is 0 Å². The van der Waals surface area contributed by atoms with Crippen LogP contribution in [0.25, 0.3) is 6.08 Å². The summed E-state index contributed by atoms with van der Waals surface area (Å²) >= 11 is 0. The van der Waals surface area contributed by atoms with Crippen molar-refractivity contribution in [2.24, 2.45) is 5.92 Å². The monoisotopic (exact) mass is 598 g/mol. The molecule has 4 atom stereocenters. The highest BCUT2D eigenvalue weighted by Crippen LogP contribution is 2.58. The van der Waals surface area contributed by atoms with Gasteiger partial charge in [0.05, 0.1) is 12.0 Å². The lowest BCUT2D eigenvalue weighted by molar-refractivity contribution is -0.131. The number of ketones is 2. The van der Waals surface area contributed by atoms with E-state index in [1.165, 1.54) is 6.92 Å². The Kier molecular flexibility index (Phi) is 5.93. The van der Waals surface area contributed by atoms with Crippen molar-refractivity contribution in [2.45, 2.75) is 24.4 Å². The number of fused-ring (bicyclic) bond motifs is 7. The van der Waals surface area contributed by atoms with E-state index in [2.05, 4.69) is 5.32 Å². The van der Waals surface area contributed by atoms with Gasteiger partial charge in [-0.15, -0.1) is 0 Å². The van der Waals surface area contributed by atoms with Crippen LogP contribution in [0, 0.1) is 5.92 Å². The summed E-state index contributed by atoms with van der Waals surface area (Å²) in [6, 6.07) is 24.5. The van der Waals surface area contributed by atoms with Gasteiger partial charge >= 0.3 is 5.97 Å². The van der Waals surface area contributed by atoms with E-state index in [0.717, 1.165) is 11.3 Å². The highest BCUT2D eigenvalue weighted by Gasteiger charge is 2.70. The number of hydrogen-bond acceptors (Lipinski definition) is 8. The molecule has 8 rings (SSSR count). The van der Waals surface area contributed by atoms with E-state index in [-0.39, 0.29) is 24.3 Å². The number of benzene rings is 4. The molecule has 1 saturated heterocycles. The molecule has 1 amide bonds. The summed E-state index contributed by atoms with van der Waals surface area (Å²) in [7, 11) is 0. The van der Waals surface area contributed by atoms with Crippen LogP contribution in [-0.2, 0) is 15.0 Å². The van der Waals surface area contributed by atoms with E-state index in [1.807, 2.05) is 65.6 Å². The van der Waals surface area contributed by atoms with Crippen molar-refractivity contribution in [1.82, 2.24) is 0 Å². The molecule has 4 aromatic rings. The molecular formula is C36H26N2O7. The lowest BCUT2D eigenvalue weighted by Crippen LogP contribution is -2.51. The lowest BCUT2D eigenvalue weighted by atomic mass is 9.64. The van der Waals surface area contributed by atoms with Gasteiger partial charge in [-0.1, -0.05) is 48.6 Å². The van der Waals surface area contributed by atoms with Crippen LogP contribution < -0.4 is 24.4 Å². The van der Waals surface area contributed by atoms with Crippen LogP contribution in [0.15, 0.2) is 97.1 Å². The van der Waals surface area contributed by atoms with Crippen LogP contribution in [0.5, 0.6) is 17.2 Å². The zero-order valence-corrected chi connectivity index (χ0v) is 24.1. The Labute approximate surface area is 258 Å². The zero-order chi connectivity index (χ0) is 30.9. The third kappa shape index (κ3) is 3.86. The van der Waals surface area contributed by atoms with Crippen LogP contribution in [0.2, 0.25) is 0 Å². The maximum absolute atomic E-state index is 15.0. The normalized spacial score (nSPS) is 23.3. The molecular weight excluding hydrogens is 572 g/mol. The average molecular weight is 599 g/mol. The summed E-state index contributed by atoms with van der Waals surface area (Å²) in [5, 5.41) is 3.03. The molecule has 4 heterocycles. The van der Waals surface area contributed by atoms with E-state index in [1.54, 1.807) is 42.5 Å². The number of esters is 1. The molecule has 1 fully saturated rings. The molecule has 0 saturated carbocycles. The Hall–Kier alpha value is -5.70. The summed E-state index contributed by atoms with van der Waals surface area (Å²) in [6.45, 7) is 1.34. The van der Waals surface area contributed by atoms with Crippen molar-refractivity contribution in [3.63, 3.8) is 0 Å². The van der Waals surface area contributed by atoms with Gasteiger partial charge in [-0.25, -0.2) is 0 Å². The number of nitrogens with one attached hydrogen (secondary N) is 1. The lowest BCUT2D eigenvalue weighted by Gasteiger charge is -2.37. The van der Waals surface area contributed by atoms with Gasteiger partial charge in [-0.05, 0) is 65.7 Å². The second kappa shape index (κ2) is 9.92. The second-order valence-corrected chi connectivity index (χ2v) is 11.5. The van der Waals surface area contributed by atoms with Gasteiger partial charge in [-0.2, -0.15) is 0 Å². The Morgan fingerprint density at radius 3 is 2.42 bits per heavy atom. The second-order valence-electron chi connectivity index (χ2n) is 11.5. The SMILES string of the molecule is CC(=O)Oc1ccc(C(=O)[C@H]2[C@@H](C(=O)c3ccc4c(c3)OCO4)[C@@]3(C(=O)Nc4ccccc43)[C@@H]3C=Cc4ccccc4N32)cc1. The van der Waals surface area contributed by atoms with Crippen molar-refractivity contribution in [2.75, 3.05) is 17.0 Å². The number of rotatable bonds is 5. The summed E-state index contributed by atoms with van der Waals surface area (Å²) < 4.78 is 16.3. The van der Waals surface area contributed by atoms with Gasteiger partial charge in [0.15, 0.2) is 23.1 Å². The number of anilines is 2. The third-order valence-corrected chi connectivity index (χ3v) is 9.15. The molecule has 9 nitrogen and oxygen atoms in total. The van der Waals surface area contributed by atoms with E-state index >= 15 is 4.79 Å².